The molecule has 7 heteroatoms. The van der Waals surface area contributed by atoms with Crippen molar-refractivity contribution in [2.45, 2.75) is 32.9 Å². The second-order valence-electron chi connectivity index (χ2n) is 7.07. The fraction of sp³-hybridized carbons (Fsp3) is 0.286. The van der Waals surface area contributed by atoms with Gasteiger partial charge in [0.15, 0.2) is 0 Å². The number of nitrogens with one attached hydrogen (secondary N) is 3. The molecule has 0 radical (unpaired) electrons. The maximum absolute atomic E-state index is 12.8. The van der Waals surface area contributed by atoms with Crippen LogP contribution in [-0.4, -0.2) is 27.8 Å². The lowest BCUT2D eigenvalue weighted by Crippen LogP contribution is -2.50. The highest BCUT2D eigenvalue weighted by Gasteiger charge is 2.26. The normalized spacial score (nSPS) is 13.3. The van der Waals surface area contributed by atoms with Crippen LogP contribution in [0.2, 0.25) is 5.02 Å². The van der Waals surface area contributed by atoms with Gasteiger partial charge in [-0.05, 0) is 49.2 Å². The smallest absolute Gasteiger partial charge is 0.251 e. The lowest BCUT2D eigenvalue weighted by atomic mass is 10.0. The fourth-order valence-electron chi connectivity index (χ4n) is 2.91. The Morgan fingerprint density at radius 1 is 1.00 bits per heavy atom. The Balaban J connectivity index is 1.69. The third-order valence-electron chi connectivity index (χ3n) is 4.52. The summed E-state index contributed by atoms with van der Waals surface area (Å²) in [5.41, 5.74) is 2.21. The van der Waals surface area contributed by atoms with Crippen molar-refractivity contribution < 1.29 is 9.59 Å². The van der Waals surface area contributed by atoms with Crippen LogP contribution in [0, 0.1) is 5.92 Å². The first-order valence-electron chi connectivity index (χ1n) is 9.16. The quantitative estimate of drug-likeness (QED) is 0.589. The van der Waals surface area contributed by atoms with Crippen LogP contribution in [0.3, 0.4) is 0 Å². The molecular weight excluding hydrogens is 376 g/mol. The van der Waals surface area contributed by atoms with Crippen LogP contribution >= 0.6 is 11.6 Å². The topological polar surface area (TPSA) is 86.9 Å². The summed E-state index contributed by atoms with van der Waals surface area (Å²) in [6.07, 6.45) is 0. The van der Waals surface area contributed by atoms with E-state index >= 15 is 0 Å². The van der Waals surface area contributed by atoms with Gasteiger partial charge in [-0.25, -0.2) is 4.98 Å². The molecule has 2 amide bonds. The number of aromatic amines is 1. The van der Waals surface area contributed by atoms with Gasteiger partial charge < -0.3 is 15.6 Å². The van der Waals surface area contributed by atoms with Crippen LogP contribution in [0.5, 0.6) is 0 Å². The van der Waals surface area contributed by atoms with E-state index in [1.807, 2.05) is 45.0 Å². The number of H-pyrrole nitrogens is 1. The zero-order chi connectivity index (χ0) is 20.3. The molecule has 0 aliphatic carbocycles. The molecule has 0 saturated carbocycles. The predicted molar refractivity (Wildman–Crippen MR) is 110 cm³/mol. The molecule has 0 aliphatic heterocycles. The van der Waals surface area contributed by atoms with E-state index in [0.717, 1.165) is 11.0 Å². The predicted octanol–water partition coefficient (Wildman–Crippen LogP) is 3.85. The van der Waals surface area contributed by atoms with E-state index in [4.69, 9.17) is 11.6 Å². The molecule has 2 atom stereocenters. The first-order valence-corrected chi connectivity index (χ1v) is 9.54. The number of imidazole rings is 1. The molecule has 3 rings (SSSR count). The molecule has 2 unspecified atom stereocenters. The summed E-state index contributed by atoms with van der Waals surface area (Å²) in [5.74, 6) is 0.00684. The first kappa shape index (κ1) is 19.9. The molecule has 0 aliphatic rings. The van der Waals surface area contributed by atoms with Gasteiger partial charge in [0.2, 0.25) is 5.91 Å². The maximum Gasteiger partial charge on any atom is 0.251 e. The number of para-hydroxylation sites is 2. The summed E-state index contributed by atoms with van der Waals surface area (Å²) in [6.45, 7) is 5.63. The Kier molecular flexibility index (Phi) is 5.99. The number of halogens is 1. The van der Waals surface area contributed by atoms with Crippen LogP contribution < -0.4 is 10.6 Å². The van der Waals surface area contributed by atoms with Gasteiger partial charge in [0, 0.05) is 10.6 Å². The highest BCUT2D eigenvalue weighted by molar-refractivity contribution is 6.30. The summed E-state index contributed by atoms with van der Waals surface area (Å²) in [4.78, 5) is 33.0. The summed E-state index contributed by atoms with van der Waals surface area (Å²) in [7, 11) is 0. The molecule has 28 heavy (non-hydrogen) atoms. The zero-order valence-electron chi connectivity index (χ0n) is 16.0. The van der Waals surface area contributed by atoms with Crippen molar-refractivity contribution in [3.05, 3.63) is 64.9 Å². The van der Waals surface area contributed by atoms with Crippen LogP contribution in [0.15, 0.2) is 48.5 Å². The van der Waals surface area contributed by atoms with Gasteiger partial charge in [0.1, 0.15) is 11.9 Å². The molecular formula is C21H23ClN4O2. The number of amides is 2. The second-order valence-corrected chi connectivity index (χ2v) is 7.51. The van der Waals surface area contributed by atoms with Gasteiger partial charge >= 0.3 is 0 Å². The lowest BCUT2D eigenvalue weighted by molar-refractivity contribution is -0.124. The van der Waals surface area contributed by atoms with Gasteiger partial charge in [0.25, 0.3) is 5.91 Å². The summed E-state index contributed by atoms with van der Waals surface area (Å²) in [6, 6.07) is 13.2. The third-order valence-corrected chi connectivity index (χ3v) is 4.77. The van der Waals surface area contributed by atoms with Gasteiger partial charge in [-0.3, -0.25) is 9.59 Å². The lowest BCUT2D eigenvalue weighted by Gasteiger charge is -2.23. The number of aromatic nitrogens is 2. The van der Waals surface area contributed by atoms with Crippen LogP contribution in [0.4, 0.5) is 0 Å². The Morgan fingerprint density at radius 3 is 2.32 bits per heavy atom. The minimum atomic E-state index is -0.671. The molecule has 6 nitrogen and oxygen atoms in total. The molecule has 1 heterocycles. The molecule has 146 valence electrons. The van der Waals surface area contributed by atoms with Crippen LogP contribution in [0.1, 0.15) is 43.0 Å². The number of benzene rings is 2. The van der Waals surface area contributed by atoms with Crippen molar-refractivity contribution in [2.24, 2.45) is 5.92 Å². The largest absolute Gasteiger partial charge is 0.345 e. The van der Waals surface area contributed by atoms with E-state index in [-0.39, 0.29) is 23.8 Å². The van der Waals surface area contributed by atoms with E-state index in [1.165, 1.54) is 0 Å². The van der Waals surface area contributed by atoms with Crippen molar-refractivity contribution in [3.63, 3.8) is 0 Å². The standard InChI is InChI=1S/C21H23ClN4O2/c1-12(2)18(26-20(27)14-8-10-15(22)11-9-14)21(28)23-13(3)19-24-16-6-4-5-7-17(16)25-19/h4-13,18H,1-3H3,(H,23,28)(H,24,25)(H,26,27). The molecule has 3 N–H and O–H groups in total. The fourth-order valence-corrected chi connectivity index (χ4v) is 3.04. The number of nitrogens with zero attached hydrogens (tertiary/aromatic N) is 1. The van der Waals surface area contributed by atoms with E-state index in [9.17, 15) is 9.59 Å². The minimum Gasteiger partial charge on any atom is -0.345 e. The molecule has 3 aromatic rings. The van der Waals surface area contributed by atoms with Gasteiger partial charge in [0.05, 0.1) is 17.1 Å². The number of fused-ring (bicyclic) bond motifs is 1. The van der Waals surface area contributed by atoms with Gasteiger partial charge in [-0.2, -0.15) is 0 Å². The molecule has 0 saturated heterocycles. The molecule has 0 spiro atoms. The number of hydrogen-bond donors (Lipinski definition) is 3. The monoisotopic (exact) mass is 398 g/mol. The Morgan fingerprint density at radius 2 is 1.68 bits per heavy atom. The first-order chi connectivity index (χ1) is 13.3. The van der Waals surface area contributed by atoms with Gasteiger partial charge in [-0.1, -0.05) is 37.6 Å². The number of carbonyl (C=O) groups excluding carboxylic acids is 2. The van der Waals surface area contributed by atoms with Gasteiger partial charge in [-0.15, -0.1) is 0 Å². The number of rotatable bonds is 6. The third kappa shape index (κ3) is 4.51. The zero-order valence-corrected chi connectivity index (χ0v) is 16.7. The van der Waals surface area contributed by atoms with Crippen molar-refractivity contribution in [1.82, 2.24) is 20.6 Å². The molecule has 0 bridgehead atoms. The number of carbonyl (C=O) groups is 2. The van der Waals surface area contributed by atoms with Crippen molar-refractivity contribution in [2.75, 3.05) is 0 Å². The van der Waals surface area contributed by atoms with E-state index < -0.39 is 6.04 Å². The summed E-state index contributed by atoms with van der Waals surface area (Å²) >= 11 is 5.86. The highest BCUT2D eigenvalue weighted by Crippen LogP contribution is 2.16. The summed E-state index contributed by atoms with van der Waals surface area (Å²) < 4.78 is 0. The minimum absolute atomic E-state index is 0.0841. The van der Waals surface area contributed by atoms with Crippen molar-refractivity contribution in [3.8, 4) is 0 Å². The highest BCUT2D eigenvalue weighted by atomic mass is 35.5. The van der Waals surface area contributed by atoms with Crippen LogP contribution in [0.25, 0.3) is 11.0 Å². The Hall–Kier alpha value is -2.86. The van der Waals surface area contributed by atoms with E-state index in [1.54, 1.807) is 24.3 Å². The maximum atomic E-state index is 12.8. The molecule has 1 aromatic heterocycles. The summed E-state index contributed by atoms with van der Waals surface area (Å²) in [5, 5.41) is 6.30. The van der Waals surface area contributed by atoms with Crippen molar-refractivity contribution >= 4 is 34.4 Å². The Labute approximate surface area is 168 Å². The second kappa shape index (κ2) is 8.44. The van der Waals surface area contributed by atoms with E-state index in [0.29, 0.717) is 16.4 Å². The average molecular weight is 399 g/mol. The number of hydrogen-bond acceptors (Lipinski definition) is 3. The molecule has 0 fully saturated rings. The Bertz CT molecular complexity index is 948. The van der Waals surface area contributed by atoms with Crippen LogP contribution in [-0.2, 0) is 4.79 Å². The van der Waals surface area contributed by atoms with E-state index in [2.05, 4.69) is 20.6 Å². The van der Waals surface area contributed by atoms with Crippen molar-refractivity contribution in [1.29, 1.82) is 0 Å². The molecule has 2 aromatic carbocycles. The average Bonchev–Trinajstić information content (AvgIpc) is 3.10. The SMILES string of the molecule is CC(NC(=O)C(NC(=O)c1ccc(Cl)cc1)C(C)C)c1nc2ccccc2[nH]1.